The van der Waals surface area contributed by atoms with E-state index in [0.717, 1.165) is 6.07 Å². The molecule has 2 aromatic carbocycles. The first-order valence-electron chi connectivity index (χ1n) is 8.24. The fourth-order valence-corrected chi connectivity index (χ4v) is 2.43. The van der Waals surface area contributed by atoms with E-state index in [4.69, 9.17) is 16.3 Å². The topological polar surface area (TPSA) is 41.6 Å². The van der Waals surface area contributed by atoms with Crippen molar-refractivity contribution in [1.29, 1.82) is 0 Å². The molecule has 0 saturated carbocycles. The summed E-state index contributed by atoms with van der Waals surface area (Å²) in [5.74, 6) is 0.115. The molecule has 27 heavy (non-hydrogen) atoms. The second kappa shape index (κ2) is 9.10. The quantitative estimate of drug-likeness (QED) is 0.732. The van der Waals surface area contributed by atoms with E-state index in [1.54, 1.807) is 43.1 Å². The van der Waals surface area contributed by atoms with E-state index >= 15 is 0 Å². The van der Waals surface area contributed by atoms with Crippen LogP contribution in [0.1, 0.15) is 12.5 Å². The zero-order valence-electron chi connectivity index (χ0n) is 14.9. The van der Waals surface area contributed by atoms with Crippen molar-refractivity contribution < 1.29 is 22.7 Å². The van der Waals surface area contributed by atoms with Crippen LogP contribution in [0.15, 0.2) is 48.5 Å². The standard InChI is InChI=1S/C19H20ClF3N2O2/c1-13(25(2)11-12-27-15-9-7-14(20)8-10-15)18(26)24-17-6-4-3-5-16(17)19(21,22)23/h3-10,13H,11-12H2,1-2H3,(H,24,26)/t13-/m1/s1. The second-order valence-electron chi connectivity index (χ2n) is 5.99. The van der Waals surface area contributed by atoms with Crippen molar-refractivity contribution in [3.63, 3.8) is 0 Å². The van der Waals surface area contributed by atoms with Crippen molar-refractivity contribution >= 4 is 23.2 Å². The third-order valence-corrected chi connectivity index (χ3v) is 4.31. The van der Waals surface area contributed by atoms with Crippen LogP contribution in [0, 0.1) is 0 Å². The summed E-state index contributed by atoms with van der Waals surface area (Å²) >= 11 is 5.80. The van der Waals surface area contributed by atoms with Crippen molar-refractivity contribution in [3.05, 3.63) is 59.1 Å². The number of carbonyl (C=O) groups is 1. The summed E-state index contributed by atoms with van der Waals surface area (Å²) in [5.41, 5.74) is -1.13. The van der Waals surface area contributed by atoms with Gasteiger partial charge in [-0.1, -0.05) is 23.7 Å². The lowest BCUT2D eigenvalue weighted by atomic mass is 10.1. The van der Waals surface area contributed by atoms with Gasteiger partial charge in [0, 0.05) is 11.6 Å². The predicted molar refractivity (Wildman–Crippen MR) is 99.1 cm³/mol. The molecule has 0 radical (unpaired) electrons. The molecule has 0 aliphatic rings. The highest BCUT2D eigenvalue weighted by Crippen LogP contribution is 2.34. The smallest absolute Gasteiger partial charge is 0.418 e. The van der Waals surface area contributed by atoms with Crippen LogP contribution in [0.5, 0.6) is 5.75 Å². The SMILES string of the molecule is C[C@H](C(=O)Nc1ccccc1C(F)(F)F)N(C)CCOc1ccc(Cl)cc1. The van der Waals surface area contributed by atoms with Gasteiger partial charge in [0.15, 0.2) is 0 Å². The molecule has 8 heteroatoms. The minimum atomic E-state index is -4.54. The Labute approximate surface area is 160 Å². The lowest BCUT2D eigenvalue weighted by Gasteiger charge is -2.24. The Bertz CT molecular complexity index is 766. The van der Waals surface area contributed by atoms with Crippen LogP contribution < -0.4 is 10.1 Å². The molecular formula is C19H20ClF3N2O2. The monoisotopic (exact) mass is 400 g/mol. The first kappa shape index (κ1) is 21.1. The molecule has 0 fully saturated rings. The molecule has 0 bridgehead atoms. The number of carbonyl (C=O) groups excluding carboxylic acids is 1. The van der Waals surface area contributed by atoms with Gasteiger partial charge >= 0.3 is 6.18 Å². The van der Waals surface area contributed by atoms with Gasteiger partial charge in [-0.05, 0) is 50.4 Å². The average Bonchev–Trinajstić information content (AvgIpc) is 2.62. The zero-order chi connectivity index (χ0) is 20.0. The maximum absolute atomic E-state index is 13.0. The molecule has 2 rings (SSSR count). The third-order valence-electron chi connectivity index (χ3n) is 4.06. The number of hydrogen-bond acceptors (Lipinski definition) is 3. The molecule has 4 nitrogen and oxygen atoms in total. The van der Waals surface area contributed by atoms with E-state index in [1.807, 2.05) is 0 Å². The predicted octanol–water partition coefficient (Wildman–Crippen LogP) is 4.70. The van der Waals surface area contributed by atoms with E-state index in [0.29, 0.717) is 23.9 Å². The number of nitrogens with zero attached hydrogens (tertiary/aromatic N) is 1. The van der Waals surface area contributed by atoms with Crippen LogP contribution >= 0.6 is 11.6 Å². The van der Waals surface area contributed by atoms with E-state index in [2.05, 4.69) is 5.32 Å². The van der Waals surface area contributed by atoms with Crippen molar-refractivity contribution in [2.45, 2.75) is 19.1 Å². The molecule has 1 N–H and O–H groups in total. The van der Waals surface area contributed by atoms with Crippen LogP contribution in [0.25, 0.3) is 0 Å². The highest BCUT2D eigenvalue weighted by Gasteiger charge is 2.34. The Hall–Kier alpha value is -2.25. The number of hydrogen-bond donors (Lipinski definition) is 1. The lowest BCUT2D eigenvalue weighted by molar-refractivity contribution is -0.137. The van der Waals surface area contributed by atoms with Gasteiger partial charge < -0.3 is 10.1 Å². The van der Waals surface area contributed by atoms with Gasteiger partial charge in [-0.25, -0.2) is 0 Å². The Balaban J connectivity index is 1.90. The van der Waals surface area contributed by atoms with Crippen LogP contribution in [0.4, 0.5) is 18.9 Å². The first-order valence-corrected chi connectivity index (χ1v) is 8.62. The highest BCUT2D eigenvalue weighted by molar-refractivity contribution is 6.30. The summed E-state index contributed by atoms with van der Waals surface area (Å²) in [6.45, 7) is 2.35. The number of benzene rings is 2. The van der Waals surface area contributed by atoms with Crippen LogP contribution in [-0.2, 0) is 11.0 Å². The van der Waals surface area contributed by atoms with Gasteiger partial charge in [-0.2, -0.15) is 13.2 Å². The summed E-state index contributed by atoms with van der Waals surface area (Å²) < 4.78 is 44.6. The minimum absolute atomic E-state index is 0.257. The summed E-state index contributed by atoms with van der Waals surface area (Å²) in [6.07, 6.45) is -4.54. The number of likely N-dealkylation sites (N-methyl/N-ethyl adjacent to an activating group) is 1. The number of halogens is 4. The van der Waals surface area contributed by atoms with E-state index < -0.39 is 23.7 Å². The largest absolute Gasteiger partial charge is 0.492 e. The van der Waals surface area contributed by atoms with E-state index in [9.17, 15) is 18.0 Å². The van der Waals surface area contributed by atoms with Crippen LogP contribution in [0.3, 0.4) is 0 Å². The number of nitrogens with one attached hydrogen (secondary N) is 1. The number of amides is 1. The van der Waals surface area contributed by atoms with Gasteiger partial charge in [-0.3, -0.25) is 9.69 Å². The van der Waals surface area contributed by atoms with Crippen molar-refractivity contribution in [1.82, 2.24) is 4.90 Å². The lowest BCUT2D eigenvalue weighted by Crippen LogP contribution is -2.41. The Morgan fingerprint density at radius 3 is 2.44 bits per heavy atom. The molecule has 0 unspecified atom stereocenters. The van der Waals surface area contributed by atoms with Gasteiger partial charge in [-0.15, -0.1) is 0 Å². The molecule has 146 valence electrons. The average molecular weight is 401 g/mol. The van der Waals surface area contributed by atoms with Gasteiger partial charge in [0.05, 0.1) is 17.3 Å². The molecule has 1 amide bonds. The molecule has 0 aliphatic heterocycles. The van der Waals surface area contributed by atoms with Gasteiger partial charge in [0.2, 0.25) is 5.91 Å². The molecule has 0 saturated heterocycles. The van der Waals surface area contributed by atoms with Crippen LogP contribution in [-0.4, -0.2) is 37.0 Å². The van der Waals surface area contributed by atoms with Crippen molar-refractivity contribution in [2.75, 3.05) is 25.5 Å². The highest BCUT2D eigenvalue weighted by atomic mass is 35.5. The molecule has 2 aromatic rings. The fraction of sp³-hybridized carbons (Fsp3) is 0.316. The minimum Gasteiger partial charge on any atom is -0.492 e. The summed E-state index contributed by atoms with van der Waals surface area (Å²) in [5, 5.41) is 2.96. The summed E-state index contributed by atoms with van der Waals surface area (Å²) in [4.78, 5) is 14.0. The maximum Gasteiger partial charge on any atom is 0.418 e. The normalized spacial score (nSPS) is 12.7. The first-order chi connectivity index (χ1) is 12.7. The maximum atomic E-state index is 13.0. The van der Waals surface area contributed by atoms with Crippen LogP contribution in [0.2, 0.25) is 5.02 Å². The number of para-hydroxylation sites is 1. The molecular weight excluding hydrogens is 381 g/mol. The molecule has 0 heterocycles. The fourth-order valence-electron chi connectivity index (χ4n) is 2.31. The van der Waals surface area contributed by atoms with Gasteiger partial charge in [0.25, 0.3) is 0 Å². The second-order valence-corrected chi connectivity index (χ2v) is 6.43. The molecule has 0 spiro atoms. The zero-order valence-corrected chi connectivity index (χ0v) is 15.6. The number of anilines is 1. The number of rotatable bonds is 7. The molecule has 0 aromatic heterocycles. The van der Waals surface area contributed by atoms with Crippen molar-refractivity contribution in [2.24, 2.45) is 0 Å². The Morgan fingerprint density at radius 1 is 1.19 bits per heavy atom. The molecule has 0 aliphatic carbocycles. The summed E-state index contributed by atoms with van der Waals surface area (Å²) in [7, 11) is 1.70. The molecule has 1 atom stereocenters. The third kappa shape index (κ3) is 6.15. The van der Waals surface area contributed by atoms with E-state index in [-0.39, 0.29) is 5.69 Å². The van der Waals surface area contributed by atoms with Gasteiger partial charge in [0.1, 0.15) is 12.4 Å². The number of ether oxygens (including phenoxy) is 1. The Kier molecular flexibility index (Phi) is 7.10. The van der Waals surface area contributed by atoms with Crippen molar-refractivity contribution in [3.8, 4) is 5.75 Å². The van der Waals surface area contributed by atoms with E-state index in [1.165, 1.54) is 18.2 Å². The number of alkyl halides is 3. The Morgan fingerprint density at radius 2 is 1.81 bits per heavy atom. The summed E-state index contributed by atoms with van der Waals surface area (Å²) in [6, 6.07) is 11.1.